The Kier molecular flexibility index (Phi) is 6.89. The van der Waals surface area contributed by atoms with Crippen molar-refractivity contribution in [3.63, 3.8) is 0 Å². The molecule has 3 aromatic rings. The maximum Gasteiger partial charge on any atom is 0.256 e. The molecule has 32 heavy (non-hydrogen) atoms. The molecule has 1 aliphatic heterocycles. The number of halogens is 1. The molecule has 0 radical (unpaired) electrons. The van der Waals surface area contributed by atoms with Gasteiger partial charge in [-0.3, -0.25) is 9.69 Å². The van der Waals surface area contributed by atoms with E-state index in [-0.39, 0.29) is 17.8 Å². The molecule has 1 saturated heterocycles. The number of thiophene rings is 1. The molecular formula is C25H27FN2O3S. The summed E-state index contributed by atoms with van der Waals surface area (Å²) in [5.41, 5.74) is 3.16. The first-order chi connectivity index (χ1) is 15.5. The second-order valence-corrected chi connectivity index (χ2v) is 9.01. The molecule has 0 unspecified atom stereocenters. The number of nitrogens with zero attached hydrogens (tertiary/aromatic N) is 1. The Labute approximate surface area is 191 Å². The van der Waals surface area contributed by atoms with Gasteiger partial charge in [0, 0.05) is 34.7 Å². The van der Waals surface area contributed by atoms with Crippen LogP contribution < -0.4 is 10.1 Å². The van der Waals surface area contributed by atoms with E-state index in [1.807, 2.05) is 26.0 Å². The number of carbonyl (C=O) groups excluding carboxylic acids is 1. The fraction of sp³-hybridized carbons (Fsp3) is 0.320. The summed E-state index contributed by atoms with van der Waals surface area (Å²) in [7, 11) is 1.59. The van der Waals surface area contributed by atoms with Crippen molar-refractivity contribution in [3.8, 4) is 5.75 Å². The molecule has 1 aromatic heterocycles. The average molecular weight is 455 g/mol. The number of rotatable bonds is 6. The summed E-state index contributed by atoms with van der Waals surface area (Å²) in [5.74, 6) is 0.237. The van der Waals surface area contributed by atoms with Crippen molar-refractivity contribution < 1.29 is 18.7 Å². The van der Waals surface area contributed by atoms with Crippen LogP contribution in [0.4, 0.5) is 9.39 Å². The van der Waals surface area contributed by atoms with E-state index >= 15 is 0 Å². The van der Waals surface area contributed by atoms with E-state index in [0.717, 1.165) is 21.0 Å². The Balaban J connectivity index is 1.74. The monoisotopic (exact) mass is 454 g/mol. The van der Waals surface area contributed by atoms with Crippen LogP contribution in [0.15, 0.2) is 48.5 Å². The van der Waals surface area contributed by atoms with Crippen LogP contribution in [0.1, 0.15) is 38.0 Å². The zero-order chi connectivity index (χ0) is 22.7. The second kappa shape index (κ2) is 9.81. The molecule has 1 amide bonds. The van der Waals surface area contributed by atoms with Crippen LogP contribution in [0.25, 0.3) is 0 Å². The van der Waals surface area contributed by atoms with Gasteiger partial charge in [-0.15, -0.1) is 11.3 Å². The third kappa shape index (κ3) is 4.55. The fourth-order valence-corrected chi connectivity index (χ4v) is 5.14. The van der Waals surface area contributed by atoms with Gasteiger partial charge in [0.2, 0.25) is 0 Å². The van der Waals surface area contributed by atoms with E-state index in [9.17, 15) is 9.18 Å². The van der Waals surface area contributed by atoms with Gasteiger partial charge in [-0.1, -0.05) is 18.2 Å². The minimum absolute atomic E-state index is 0.204. The Hall–Kier alpha value is -2.74. The Morgan fingerprint density at radius 1 is 1.12 bits per heavy atom. The van der Waals surface area contributed by atoms with E-state index < -0.39 is 0 Å². The summed E-state index contributed by atoms with van der Waals surface area (Å²) < 4.78 is 25.7. The number of methoxy groups -OCH3 is 1. The van der Waals surface area contributed by atoms with Crippen LogP contribution in [0.3, 0.4) is 0 Å². The summed E-state index contributed by atoms with van der Waals surface area (Å²) in [6.07, 6.45) is 0. The maximum atomic E-state index is 15.0. The van der Waals surface area contributed by atoms with Crippen molar-refractivity contribution in [1.29, 1.82) is 0 Å². The summed E-state index contributed by atoms with van der Waals surface area (Å²) in [4.78, 5) is 16.4. The molecule has 168 valence electrons. The summed E-state index contributed by atoms with van der Waals surface area (Å²) >= 11 is 1.53. The third-order valence-electron chi connectivity index (χ3n) is 5.90. The lowest BCUT2D eigenvalue weighted by Crippen LogP contribution is -2.40. The normalized spacial score (nSPS) is 15.4. The molecule has 0 bridgehead atoms. The minimum Gasteiger partial charge on any atom is -0.497 e. The molecule has 4 rings (SSSR count). The first-order valence-corrected chi connectivity index (χ1v) is 11.4. The van der Waals surface area contributed by atoms with E-state index in [4.69, 9.17) is 9.47 Å². The first kappa shape index (κ1) is 22.5. The number of anilines is 1. The van der Waals surface area contributed by atoms with Crippen molar-refractivity contribution in [2.75, 3.05) is 38.7 Å². The van der Waals surface area contributed by atoms with Gasteiger partial charge in [0.1, 0.15) is 16.6 Å². The summed E-state index contributed by atoms with van der Waals surface area (Å²) in [5, 5.41) is 3.84. The molecule has 0 saturated carbocycles. The number of nitrogens with one attached hydrogen (secondary N) is 1. The molecule has 5 nitrogen and oxygen atoms in total. The highest BCUT2D eigenvalue weighted by Gasteiger charge is 2.32. The van der Waals surface area contributed by atoms with Crippen LogP contribution in [-0.4, -0.2) is 44.2 Å². The van der Waals surface area contributed by atoms with E-state index in [0.29, 0.717) is 43.2 Å². The molecule has 1 fully saturated rings. The number of aryl methyl sites for hydroxylation is 1. The van der Waals surface area contributed by atoms with E-state index in [1.54, 1.807) is 37.4 Å². The zero-order valence-electron chi connectivity index (χ0n) is 18.5. The van der Waals surface area contributed by atoms with E-state index in [2.05, 4.69) is 10.2 Å². The largest absolute Gasteiger partial charge is 0.497 e. The highest BCUT2D eigenvalue weighted by molar-refractivity contribution is 7.16. The second-order valence-electron chi connectivity index (χ2n) is 7.78. The average Bonchev–Trinajstić information content (AvgIpc) is 3.09. The van der Waals surface area contributed by atoms with Crippen LogP contribution >= 0.6 is 11.3 Å². The summed E-state index contributed by atoms with van der Waals surface area (Å²) in [6, 6.07) is 13.6. The van der Waals surface area contributed by atoms with Crippen LogP contribution in [0.2, 0.25) is 0 Å². The molecule has 1 N–H and O–H groups in total. The van der Waals surface area contributed by atoms with Crippen molar-refractivity contribution in [1.82, 2.24) is 4.90 Å². The summed E-state index contributed by atoms with van der Waals surface area (Å²) in [6.45, 7) is 6.66. The van der Waals surface area contributed by atoms with Crippen LogP contribution in [-0.2, 0) is 4.74 Å². The number of morpholine rings is 1. The zero-order valence-corrected chi connectivity index (χ0v) is 19.3. The lowest BCUT2D eigenvalue weighted by molar-refractivity contribution is 0.0234. The minimum atomic E-state index is -0.309. The standard InChI is InChI=1S/C25H27FN2O3S/c1-16-17(2)32-25(27-24(29)18-8-10-19(30-3)11-9-18)22(16)23(28-12-14-31-15-13-28)20-6-4-5-7-21(20)26/h4-11,23H,12-15H2,1-3H3,(H,27,29)/t23-/m0/s1. The number of carbonyl (C=O) groups is 1. The van der Waals surface area contributed by atoms with Gasteiger partial charge < -0.3 is 14.8 Å². The predicted octanol–water partition coefficient (Wildman–Crippen LogP) is 5.19. The molecule has 2 aromatic carbocycles. The smallest absolute Gasteiger partial charge is 0.256 e. The molecule has 0 aliphatic carbocycles. The van der Waals surface area contributed by atoms with Gasteiger partial charge in [-0.05, 0) is 49.7 Å². The lowest BCUT2D eigenvalue weighted by atomic mass is 9.94. The van der Waals surface area contributed by atoms with Crippen molar-refractivity contribution in [3.05, 3.63) is 81.5 Å². The Morgan fingerprint density at radius 3 is 2.47 bits per heavy atom. The third-order valence-corrected chi connectivity index (χ3v) is 7.03. The molecular weight excluding hydrogens is 427 g/mol. The van der Waals surface area contributed by atoms with Crippen LogP contribution in [0, 0.1) is 19.7 Å². The number of ether oxygens (including phenoxy) is 2. The van der Waals surface area contributed by atoms with Gasteiger partial charge in [0.05, 0.1) is 26.4 Å². The Morgan fingerprint density at radius 2 is 1.81 bits per heavy atom. The van der Waals surface area contributed by atoms with Crippen molar-refractivity contribution in [2.45, 2.75) is 19.9 Å². The van der Waals surface area contributed by atoms with Gasteiger partial charge in [0.25, 0.3) is 5.91 Å². The Bertz CT molecular complexity index is 1090. The number of amides is 1. The fourth-order valence-electron chi connectivity index (χ4n) is 4.05. The highest BCUT2D eigenvalue weighted by Crippen LogP contribution is 2.43. The lowest BCUT2D eigenvalue weighted by Gasteiger charge is -2.35. The quantitative estimate of drug-likeness (QED) is 0.557. The molecule has 1 aliphatic rings. The molecule has 7 heteroatoms. The van der Waals surface area contributed by atoms with Crippen molar-refractivity contribution >= 4 is 22.2 Å². The molecule has 0 spiro atoms. The number of hydrogen-bond donors (Lipinski definition) is 1. The van der Waals surface area contributed by atoms with Crippen LogP contribution in [0.5, 0.6) is 5.75 Å². The van der Waals surface area contributed by atoms with E-state index in [1.165, 1.54) is 17.4 Å². The highest BCUT2D eigenvalue weighted by atomic mass is 32.1. The van der Waals surface area contributed by atoms with Gasteiger partial charge in [-0.2, -0.15) is 0 Å². The number of hydrogen-bond acceptors (Lipinski definition) is 5. The van der Waals surface area contributed by atoms with Crippen molar-refractivity contribution in [2.24, 2.45) is 0 Å². The predicted molar refractivity (Wildman–Crippen MR) is 125 cm³/mol. The SMILES string of the molecule is COc1ccc(C(=O)Nc2sc(C)c(C)c2[C@H](c2ccccc2F)N2CCOCC2)cc1. The van der Waals surface area contributed by atoms with Gasteiger partial charge >= 0.3 is 0 Å². The topological polar surface area (TPSA) is 50.8 Å². The molecule has 2 heterocycles. The number of benzene rings is 2. The van der Waals surface area contributed by atoms with Gasteiger partial charge in [-0.25, -0.2) is 4.39 Å². The first-order valence-electron chi connectivity index (χ1n) is 10.6. The van der Waals surface area contributed by atoms with Gasteiger partial charge in [0.15, 0.2) is 0 Å². The molecule has 1 atom stereocenters. The maximum absolute atomic E-state index is 15.0.